The number of halogens is 2. The second-order valence-corrected chi connectivity index (χ2v) is 10.7. The number of furan rings is 1. The van der Waals surface area contributed by atoms with E-state index in [0.717, 1.165) is 22.5 Å². The van der Waals surface area contributed by atoms with E-state index in [-0.39, 0.29) is 37.2 Å². The molecule has 0 unspecified atom stereocenters. The van der Waals surface area contributed by atoms with Crippen LogP contribution in [-0.2, 0) is 31.4 Å². The number of sulfonamides is 1. The number of sulfone groups is 1. The van der Waals surface area contributed by atoms with Gasteiger partial charge in [-0.05, 0) is 43.2 Å². The molecule has 6 nitrogen and oxygen atoms in total. The molecule has 1 aliphatic heterocycles. The molecule has 0 saturated carbocycles. The molecule has 0 N–H and O–H groups in total. The second-order valence-electron chi connectivity index (χ2n) is 6.48. The Morgan fingerprint density at radius 1 is 1.04 bits per heavy atom. The lowest BCUT2D eigenvalue weighted by Gasteiger charge is -2.30. The van der Waals surface area contributed by atoms with Gasteiger partial charge in [0.15, 0.2) is 9.84 Å². The molecule has 1 fully saturated rings. The topological polar surface area (TPSA) is 84.7 Å². The summed E-state index contributed by atoms with van der Waals surface area (Å²) in [5.41, 5.74) is -0.248. The van der Waals surface area contributed by atoms with Crippen LogP contribution in [0.3, 0.4) is 0 Å². The van der Waals surface area contributed by atoms with Crippen molar-refractivity contribution in [3.63, 3.8) is 0 Å². The molecule has 3 rings (SSSR count). The van der Waals surface area contributed by atoms with Gasteiger partial charge in [-0.1, -0.05) is 0 Å². The molecule has 27 heavy (non-hydrogen) atoms. The summed E-state index contributed by atoms with van der Waals surface area (Å²) >= 11 is 0. The molecule has 148 valence electrons. The minimum Gasteiger partial charge on any atom is -0.468 e. The Balaban J connectivity index is 1.65. The largest absolute Gasteiger partial charge is 0.468 e. The lowest BCUT2D eigenvalue weighted by molar-refractivity contribution is 0.344. The molecule has 10 heteroatoms. The summed E-state index contributed by atoms with van der Waals surface area (Å²) in [6.45, 7) is 0.0304. The van der Waals surface area contributed by atoms with Gasteiger partial charge in [-0.3, -0.25) is 0 Å². The molecule has 0 aliphatic carbocycles. The molecular weight excluding hydrogens is 400 g/mol. The molecule has 0 atom stereocenters. The molecule has 1 saturated heterocycles. The van der Waals surface area contributed by atoms with Crippen molar-refractivity contribution in [3.05, 3.63) is 59.6 Å². The highest BCUT2D eigenvalue weighted by atomic mass is 32.2. The quantitative estimate of drug-likeness (QED) is 0.718. The van der Waals surface area contributed by atoms with E-state index in [2.05, 4.69) is 0 Å². The van der Waals surface area contributed by atoms with Crippen molar-refractivity contribution in [3.8, 4) is 0 Å². The van der Waals surface area contributed by atoms with Gasteiger partial charge in [-0.2, -0.15) is 0 Å². The van der Waals surface area contributed by atoms with Crippen molar-refractivity contribution >= 4 is 19.9 Å². The summed E-state index contributed by atoms with van der Waals surface area (Å²) in [4.78, 5) is 0. The summed E-state index contributed by atoms with van der Waals surface area (Å²) in [6.07, 6.45) is 1.69. The van der Waals surface area contributed by atoms with Crippen LogP contribution < -0.4 is 0 Å². The van der Waals surface area contributed by atoms with Crippen molar-refractivity contribution in [1.29, 1.82) is 0 Å². The zero-order valence-corrected chi connectivity index (χ0v) is 16.0. The summed E-state index contributed by atoms with van der Waals surface area (Å²) in [6, 6.07) is 5.83. The van der Waals surface area contributed by atoms with Crippen LogP contribution in [0.5, 0.6) is 0 Å². The van der Waals surface area contributed by atoms with Crippen molar-refractivity contribution in [2.75, 3.05) is 13.1 Å². The molecule has 0 radical (unpaired) electrons. The number of piperidine rings is 1. The molecule has 2 aromatic rings. The predicted molar refractivity (Wildman–Crippen MR) is 94.9 cm³/mol. The third-order valence-electron chi connectivity index (χ3n) is 4.57. The average molecular weight is 419 g/mol. The van der Waals surface area contributed by atoms with Gasteiger partial charge in [0.25, 0.3) is 0 Å². The Morgan fingerprint density at radius 2 is 1.74 bits per heavy atom. The van der Waals surface area contributed by atoms with Crippen molar-refractivity contribution < 1.29 is 30.0 Å². The van der Waals surface area contributed by atoms with Gasteiger partial charge < -0.3 is 4.42 Å². The van der Waals surface area contributed by atoms with Gasteiger partial charge in [0.2, 0.25) is 10.0 Å². The minimum absolute atomic E-state index is 0.0152. The Kier molecular flexibility index (Phi) is 5.68. The summed E-state index contributed by atoms with van der Waals surface area (Å²) in [5, 5.41) is -0.667. The standard InChI is InChI=1S/C17H19F2NO5S2/c18-14-3-4-17(19)13(10-14)11-27(23,24)20-7-5-16(6-8-20)26(21,22)12-15-2-1-9-25-15/h1-4,9-10,16H,5-8,11-12H2. The summed E-state index contributed by atoms with van der Waals surface area (Å²) < 4.78 is 83.1. The Bertz CT molecular complexity index is 996. The molecule has 2 heterocycles. The first-order valence-electron chi connectivity index (χ1n) is 8.33. The van der Waals surface area contributed by atoms with E-state index >= 15 is 0 Å². The van der Waals surface area contributed by atoms with Gasteiger partial charge in [0.05, 0.1) is 17.3 Å². The first-order chi connectivity index (χ1) is 12.7. The first kappa shape index (κ1) is 20.0. The number of benzene rings is 1. The fourth-order valence-electron chi connectivity index (χ4n) is 3.12. The van der Waals surface area contributed by atoms with E-state index < -0.39 is 42.5 Å². The second kappa shape index (κ2) is 7.69. The third kappa shape index (κ3) is 4.74. The van der Waals surface area contributed by atoms with E-state index in [0.29, 0.717) is 5.76 Å². The van der Waals surface area contributed by atoms with Gasteiger partial charge in [0, 0.05) is 18.7 Å². The summed E-state index contributed by atoms with van der Waals surface area (Å²) in [5.74, 6) is -2.07. The highest BCUT2D eigenvalue weighted by Gasteiger charge is 2.35. The lowest BCUT2D eigenvalue weighted by Crippen LogP contribution is -2.43. The zero-order chi connectivity index (χ0) is 19.7. The van der Waals surface area contributed by atoms with E-state index in [1.165, 1.54) is 6.26 Å². The SMILES string of the molecule is O=S(=O)(Cc1ccco1)C1CCN(S(=O)(=O)Cc2cc(F)ccc2F)CC1. The smallest absolute Gasteiger partial charge is 0.218 e. The first-order valence-corrected chi connectivity index (χ1v) is 11.7. The highest BCUT2D eigenvalue weighted by Crippen LogP contribution is 2.25. The van der Waals surface area contributed by atoms with Crippen LogP contribution in [-0.4, -0.2) is 39.5 Å². The predicted octanol–water partition coefficient (Wildman–Crippen LogP) is 2.47. The molecule has 0 bridgehead atoms. The van der Waals surface area contributed by atoms with Gasteiger partial charge in [-0.15, -0.1) is 0 Å². The van der Waals surface area contributed by atoms with Crippen LogP contribution in [0.15, 0.2) is 41.0 Å². The van der Waals surface area contributed by atoms with Crippen LogP contribution in [0.2, 0.25) is 0 Å². The number of nitrogens with zero attached hydrogens (tertiary/aromatic N) is 1. The molecular formula is C17H19F2NO5S2. The maximum Gasteiger partial charge on any atom is 0.218 e. The third-order valence-corrected chi connectivity index (χ3v) is 8.57. The molecule has 0 spiro atoms. The fraction of sp³-hybridized carbons (Fsp3) is 0.412. The Hall–Kier alpha value is -1.78. The van der Waals surface area contributed by atoms with Crippen molar-refractivity contribution in [2.24, 2.45) is 0 Å². The number of hydrogen-bond donors (Lipinski definition) is 0. The number of hydrogen-bond acceptors (Lipinski definition) is 5. The minimum atomic E-state index is -3.88. The fourth-order valence-corrected chi connectivity index (χ4v) is 6.41. The van der Waals surface area contributed by atoms with Gasteiger partial charge in [0.1, 0.15) is 23.1 Å². The van der Waals surface area contributed by atoms with Crippen molar-refractivity contribution in [1.82, 2.24) is 4.31 Å². The van der Waals surface area contributed by atoms with Crippen molar-refractivity contribution in [2.45, 2.75) is 29.6 Å². The molecule has 1 aromatic carbocycles. The van der Waals surface area contributed by atoms with E-state index in [9.17, 15) is 25.6 Å². The maximum atomic E-state index is 13.7. The Labute approximate surface area is 156 Å². The molecule has 1 aromatic heterocycles. The van der Waals surface area contributed by atoms with Crippen LogP contribution in [0.25, 0.3) is 0 Å². The summed E-state index contributed by atoms with van der Waals surface area (Å²) in [7, 11) is -7.35. The maximum absolute atomic E-state index is 13.7. The van der Waals surface area contributed by atoms with Gasteiger partial charge in [-0.25, -0.2) is 29.9 Å². The Morgan fingerprint density at radius 3 is 2.37 bits per heavy atom. The zero-order valence-electron chi connectivity index (χ0n) is 14.3. The van der Waals surface area contributed by atoms with Crippen LogP contribution in [0.4, 0.5) is 8.78 Å². The monoisotopic (exact) mass is 419 g/mol. The normalized spacial score (nSPS) is 17.3. The average Bonchev–Trinajstić information content (AvgIpc) is 3.10. The molecule has 1 aliphatic rings. The highest BCUT2D eigenvalue weighted by molar-refractivity contribution is 7.91. The van der Waals surface area contributed by atoms with E-state index in [1.807, 2.05) is 0 Å². The van der Waals surface area contributed by atoms with Gasteiger partial charge >= 0.3 is 0 Å². The van der Waals surface area contributed by atoms with E-state index in [1.54, 1.807) is 12.1 Å². The van der Waals surface area contributed by atoms with E-state index in [4.69, 9.17) is 4.42 Å². The van der Waals surface area contributed by atoms with Crippen LogP contribution in [0.1, 0.15) is 24.2 Å². The number of rotatable bonds is 6. The van der Waals surface area contributed by atoms with Crippen LogP contribution >= 0.6 is 0 Å². The lowest BCUT2D eigenvalue weighted by atomic mass is 10.2. The molecule has 0 amide bonds. The van der Waals surface area contributed by atoms with Crippen LogP contribution in [0, 0.1) is 11.6 Å².